The van der Waals surface area contributed by atoms with E-state index in [2.05, 4.69) is 45.2 Å². The molecular weight excluding hydrogens is 434 g/mol. The molecule has 1 rings (SSSR count). The summed E-state index contributed by atoms with van der Waals surface area (Å²) in [6, 6.07) is 3.90. The van der Waals surface area contributed by atoms with Gasteiger partial charge in [0.15, 0.2) is 0 Å². The summed E-state index contributed by atoms with van der Waals surface area (Å²) < 4.78 is 13.0. The first-order valence-electron chi connectivity index (χ1n) is 4.83. The van der Waals surface area contributed by atoms with E-state index >= 15 is 0 Å². The van der Waals surface area contributed by atoms with Crippen LogP contribution in [0, 0.1) is 7.14 Å². The first kappa shape index (κ1) is 14.3. The summed E-state index contributed by atoms with van der Waals surface area (Å²) >= 11 is 4.43. The van der Waals surface area contributed by atoms with Crippen LogP contribution in [0.1, 0.15) is 0 Å². The van der Waals surface area contributed by atoms with Gasteiger partial charge in [0.25, 0.3) is 0 Å². The van der Waals surface area contributed by atoms with Gasteiger partial charge in [0.2, 0.25) is 0 Å². The van der Waals surface area contributed by atoms with Crippen LogP contribution >= 0.6 is 45.2 Å². The Kier molecular flexibility index (Phi) is 6.70. The molecule has 0 heterocycles. The first-order chi connectivity index (χ1) is 7.69. The molecule has 0 aliphatic carbocycles. The van der Waals surface area contributed by atoms with Gasteiger partial charge in [-0.1, -0.05) is 0 Å². The summed E-state index contributed by atoms with van der Waals surface area (Å²) in [6.07, 6.45) is 0. The van der Waals surface area contributed by atoms with E-state index in [9.17, 15) is 0 Å². The molecule has 4 N–H and O–H groups in total. The maximum atomic E-state index is 5.51. The predicted octanol–water partition coefficient (Wildman–Crippen LogP) is 1.57. The summed E-state index contributed by atoms with van der Waals surface area (Å²) in [4.78, 5) is 0. The van der Waals surface area contributed by atoms with Crippen molar-refractivity contribution >= 4 is 45.2 Å². The SMILES string of the molecule is NCCOc1cc(I)c(OCCN)cc1I. The fourth-order valence-corrected chi connectivity index (χ4v) is 2.26. The van der Waals surface area contributed by atoms with Crippen LogP contribution in [0.25, 0.3) is 0 Å². The molecule has 0 amide bonds. The normalized spacial score (nSPS) is 10.2. The van der Waals surface area contributed by atoms with Gasteiger partial charge in [-0.3, -0.25) is 0 Å². The van der Waals surface area contributed by atoms with Crippen molar-refractivity contribution < 1.29 is 9.47 Å². The Morgan fingerprint density at radius 1 is 0.875 bits per heavy atom. The summed E-state index contributed by atoms with van der Waals surface area (Å²) in [6.45, 7) is 2.07. The number of hydrogen-bond donors (Lipinski definition) is 2. The molecule has 0 saturated carbocycles. The van der Waals surface area contributed by atoms with Crippen LogP contribution in [0.15, 0.2) is 12.1 Å². The number of benzene rings is 1. The Bertz CT molecular complexity index is 314. The maximum Gasteiger partial charge on any atom is 0.134 e. The summed E-state index contributed by atoms with van der Waals surface area (Å²) in [5, 5.41) is 0. The standard InChI is InChI=1S/C10H14I2N2O2/c11-7-6-10(16-4-2-14)8(12)5-9(7)15-3-1-13/h5-6H,1-4,13-14H2. The second kappa shape index (κ2) is 7.51. The van der Waals surface area contributed by atoms with Crippen LogP contribution in [-0.2, 0) is 0 Å². The Labute approximate surface area is 122 Å². The molecule has 1 aromatic rings. The highest BCUT2D eigenvalue weighted by atomic mass is 127. The van der Waals surface area contributed by atoms with Gasteiger partial charge in [0.1, 0.15) is 24.7 Å². The van der Waals surface area contributed by atoms with Gasteiger partial charge in [0, 0.05) is 13.1 Å². The molecule has 0 saturated heterocycles. The summed E-state index contributed by atoms with van der Waals surface area (Å²) in [7, 11) is 0. The Morgan fingerprint density at radius 2 is 1.25 bits per heavy atom. The number of ether oxygens (including phenoxy) is 2. The predicted molar refractivity (Wildman–Crippen MR) is 81.0 cm³/mol. The van der Waals surface area contributed by atoms with E-state index in [1.807, 2.05) is 12.1 Å². The van der Waals surface area contributed by atoms with Gasteiger partial charge in [0.05, 0.1) is 7.14 Å². The molecule has 90 valence electrons. The quantitative estimate of drug-likeness (QED) is 0.649. The minimum Gasteiger partial charge on any atom is -0.491 e. The lowest BCUT2D eigenvalue weighted by molar-refractivity contribution is 0.315. The van der Waals surface area contributed by atoms with E-state index in [1.54, 1.807) is 0 Å². The van der Waals surface area contributed by atoms with Gasteiger partial charge in [-0.2, -0.15) is 0 Å². The average molecular weight is 448 g/mol. The molecule has 4 nitrogen and oxygen atoms in total. The molecule has 0 radical (unpaired) electrons. The number of hydrogen-bond acceptors (Lipinski definition) is 4. The van der Waals surface area contributed by atoms with Gasteiger partial charge < -0.3 is 20.9 Å². The van der Waals surface area contributed by atoms with E-state index in [0.717, 1.165) is 18.6 Å². The van der Waals surface area contributed by atoms with E-state index in [1.165, 1.54) is 0 Å². The summed E-state index contributed by atoms with van der Waals surface area (Å²) in [5.41, 5.74) is 10.8. The average Bonchev–Trinajstić information content (AvgIpc) is 2.28. The van der Waals surface area contributed by atoms with E-state index < -0.39 is 0 Å². The Hall–Kier alpha value is 0.200. The highest BCUT2D eigenvalue weighted by Crippen LogP contribution is 2.31. The third-order valence-electron chi connectivity index (χ3n) is 1.74. The third kappa shape index (κ3) is 4.22. The van der Waals surface area contributed by atoms with E-state index in [4.69, 9.17) is 20.9 Å². The van der Waals surface area contributed by atoms with E-state index in [-0.39, 0.29) is 0 Å². The third-order valence-corrected chi connectivity index (χ3v) is 3.42. The zero-order valence-corrected chi connectivity index (χ0v) is 13.0. The first-order valence-corrected chi connectivity index (χ1v) is 6.99. The number of halogens is 2. The lowest BCUT2D eigenvalue weighted by Crippen LogP contribution is -2.12. The Balaban J connectivity index is 2.79. The van der Waals surface area contributed by atoms with Crippen LogP contribution < -0.4 is 20.9 Å². The molecule has 16 heavy (non-hydrogen) atoms. The molecule has 0 aliphatic heterocycles. The van der Waals surface area contributed by atoms with Crippen LogP contribution in [0.4, 0.5) is 0 Å². The molecule has 0 bridgehead atoms. The van der Waals surface area contributed by atoms with Crippen molar-refractivity contribution in [3.8, 4) is 11.5 Å². The van der Waals surface area contributed by atoms with Gasteiger partial charge in [-0.05, 0) is 57.3 Å². The van der Waals surface area contributed by atoms with Crippen molar-refractivity contribution in [3.05, 3.63) is 19.3 Å². The van der Waals surface area contributed by atoms with Crippen LogP contribution in [0.2, 0.25) is 0 Å². The molecule has 1 aromatic carbocycles. The molecule has 0 aliphatic rings. The van der Waals surface area contributed by atoms with Crippen molar-refractivity contribution in [2.24, 2.45) is 11.5 Å². The molecule has 0 unspecified atom stereocenters. The second-order valence-corrected chi connectivity index (χ2v) is 5.31. The monoisotopic (exact) mass is 448 g/mol. The van der Waals surface area contributed by atoms with Crippen LogP contribution in [0.3, 0.4) is 0 Å². The zero-order valence-electron chi connectivity index (χ0n) is 8.71. The Morgan fingerprint density at radius 3 is 1.56 bits per heavy atom. The molecule has 0 aromatic heterocycles. The maximum absolute atomic E-state index is 5.51. The van der Waals surface area contributed by atoms with Gasteiger partial charge in [-0.15, -0.1) is 0 Å². The fraction of sp³-hybridized carbons (Fsp3) is 0.400. The van der Waals surface area contributed by atoms with Crippen molar-refractivity contribution in [2.75, 3.05) is 26.3 Å². The minimum atomic E-state index is 0.512. The second-order valence-electron chi connectivity index (χ2n) is 2.99. The summed E-state index contributed by atoms with van der Waals surface area (Å²) in [5.74, 6) is 1.69. The molecule has 0 spiro atoms. The van der Waals surface area contributed by atoms with Crippen LogP contribution in [0.5, 0.6) is 11.5 Å². The molecular formula is C10H14I2N2O2. The smallest absolute Gasteiger partial charge is 0.134 e. The molecule has 6 heteroatoms. The number of nitrogens with two attached hydrogens (primary N) is 2. The van der Waals surface area contributed by atoms with Crippen molar-refractivity contribution in [3.63, 3.8) is 0 Å². The number of rotatable bonds is 6. The van der Waals surface area contributed by atoms with Crippen molar-refractivity contribution in [1.82, 2.24) is 0 Å². The van der Waals surface area contributed by atoms with Crippen molar-refractivity contribution in [2.45, 2.75) is 0 Å². The highest BCUT2D eigenvalue weighted by Gasteiger charge is 2.08. The van der Waals surface area contributed by atoms with E-state index in [0.29, 0.717) is 26.3 Å². The lowest BCUT2D eigenvalue weighted by atomic mass is 10.3. The zero-order chi connectivity index (χ0) is 12.0. The minimum absolute atomic E-state index is 0.512. The highest BCUT2D eigenvalue weighted by molar-refractivity contribution is 14.1. The molecule has 0 fully saturated rings. The van der Waals surface area contributed by atoms with Crippen LogP contribution in [-0.4, -0.2) is 26.3 Å². The van der Waals surface area contributed by atoms with Gasteiger partial charge >= 0.3 is 0 Å². The topological polar surface area (TPSA) is 70.5 Å². The fourth-order valence-electron chi connectivity index (χ4n) is 1.07. The molecule has 0 atom stereocenters. The lowest BCUT2D eigenvalue weighted by Gasteiger charge is -2.12. The van der Waals surface area contributed by atoms with Crippen molar-refractivity contribution in [1.29, 1.82) is 0 Å². The van der Waals surface area contributed by atoms with Gasteiger partial charge in [-0.25, -0.2) is 0 Å². The largest absolute Gasteiger partial charge is 0.491 e.